The minimum absolute atomic E-state index is 0. The van der Waals surface area contributed by atoms with Crippen LogP contribution in [0.1, 0.15) is 105 Å². The number of carbonyl (C=O) groups is 1. The summed E-state index contributed by atoms with van der Waals surface area (Å²) < 4.78 is 5.10. The van der Waals surface area contributed by atoms with Crippen LogP contribution in [-0.4, -0.2) is 24.3 Å². The average molecular weight is 319 g/mol. The Balaban J connectivity index is -0.000000385. The summed E-state index contributed by atoms with van der Waals surface area (Å²) in [5, 5.41) is 8.29. The van der Waals surface area contributed by atoms with E-state index in [2.05, 4.69) is 20.8 Å². The number of carbonyl (C=O) groups excluding carboxylic acids is 1. The molecule has 0 unspecified atom stereocenters. The van der Waals surface area contributed by atoms with Crippen LogP contribution < -0.4 is 0 Å². The van der Waals surface area contributed by atoms with Crippen LogP contribution in [0.2, 0.25) is 0 Å². The lowest BCUT2D eigenvalue weighted by molar-refractivity contribution is -0.143. The van der Waals surface area contributed by atoms with Crippen LogP contribution in [0.15, 0.2) is 0 Å². The van der Waals surface area contributed by atoms with Crippen molar-refractivity contribution in [3.05, 3.63) is 0 Å². The summed E-state index contributed by atoms with van der Waals surface area (Å²) in [6.45, 7) is 7.45. The fourth-order valence-corrected chi connectivity index (χ4v) is 1.84. The summed E-state index contributed by atoms with van der Waals surface area (Å²) in [7, 11) is 0. The number of rotatable bonds is 13. The fraction of sp³-hybridized carbons (Fsp3) is 0.947. The predicted octanol–water partition coefficient (Wildman–Crippen LogP) is 5.89. The van der Waals surface area contributed by atoms with Crippen LogP contribution >= 0.6 is 0 Å². The number of hydrogen-bond acceptors (Lipinski definition) is 3. The summed E-state index contributed by atoms with van der Waals surface area (Å²) in [5.41, 5.74) is 0. The number of unbranched alkanes of at least 4 members (excludes halogenated alkanes) is 8. The second kappa shape index (κ2) is 25.4. The highest BCUT2D eigenvalue weighted by Gasteiger charge is 2.01. The minimum atomic E-state index is -0.0186. The maximum absolute atomic E-state index is 11.1. The first kappa shape index (κ1) is 26.3. The number of aliphatic hydroxyl groups excluding tert-OH is 1. The lowest BCUT2D eigenvalue weighted by Gasteiger charge is -2.03. The van der Waals surface area contributed by atoms with E-state index < -0.39 is 0 Å². The molecule has 0 amide bonds. The topological polar surface area (TPSA) is 46.5 Å². The van der Waals surface area contributed by atoms with Gasteiger partial charge in [0.2, 0.25) is 0 Å². The Morgan fingerprint density at radius 3 is 1.77 bits per heavy atom. The zero-order valence-electron chi connectivity index (χ0n) is 14.7. The van der Waals surface area contributed by atoms with E-state index in [0.29, 0.717) is 19.6 Å². The molecular weight excluding hydrogens is 276 g/mol. The van der Waals surface area contributed by atoms with Crippen LogP contribution in [0, 0.1) is 0 Å². The SMILES string of the molecule is C.CCCCCCO.CCCCCCOC(=O)CCCCC. The van der Waals surface area contributed by atoms with Crippen LogP contribution in [0.4, 0.5) is 0 Å². The Morgan fingerprint density at radius 2 is 1.27 bits per heavy atom. The quantitative estimate of drug-likeness (QED) is 0.340. The van der Waals surface area contributed by atoms with E-state index in [-0.39, 0.29) is 13.4 Å². The van der Waals surface area contributed by atoms with Gasteiger partial charge in [0.05, 0.1) is 6.61 Å². The molecule has 0 spiro atoms. The molecule has 0 rings (SSSR count). The van der Waals surface area contributed by atoms with Gasteiger partial charge >= 0.3 is 5.97 Å². The molecule has 0 atom stereocenters. The lowest BCUT2D eigenvalue weighted by atomic mass is 10.2. The normalized spacial score (nSPS) is 9.45. The van der Waals surface area contributed by atoms with Crippen LogP contribution in [-0.2, 0) is 9.53 Å². The third kappa shape index (κ3) is 27.7. The molecule has 0 aliphatic heterocycles. The van der Waals surface area contributed by atoms with Crippen molar-refractivity contribution < 1.29 is 14.6 Å². The molecular formula is C19H42O3. The lowest BCUT2D eigenvalue weighted by Crippen LogP contribution is -2.05. The molecule has 0 saturated heterocycles. The van der Waals surface area contributed by atoms with Gasteiger partial charge in [0.1, 0.15) is 0 Å². The van der Waals surface area contributed by atoms with Gasteiger partial charge in [0.15, 0.2) is 0 Å². The maximum Gasteiger partial charge on any atom is 0.305 e. The summed E-state index contributed by atoms with van der Waals surface area (Å²) in [4.78, 5) is 11.1. The summed E-state index contributed by atoms with van der Waals surface area (Å²) in [6.07, 6.45) is 13.2. The van der Waals surface area contributed by atoms with Gasteiger partial charge in [-0.3, -0.25) is 4.79 Å². The molecule has 0 aromatic carbocycles. The number of esters is 1. The Labute approximate surface area is 139 Å². The van der Waals surface area contributed by atoms with Crippen LogP contribution in [0.5, 0.6) is 0 Å². The third-order valence-corrected chi connectivity index (χ3v) is 3.26. The molecule has 0 aromatic rings. The van der Waals surface area contributed by atoms with E-state index >= 15 is 0 Å². The zero-order chi connectivity index (χ0) is 16.2. The third-order valence-electron chi connectivity index (χ3n) is 3.26. The molecule has 0 aromatic heterocycles. The van der Waals surface area contributed by atoms with Crippen molar-refractivity contribution in [1.82, 2.24) is 0 Å². The maximum atomic E-state index is 11.1. The Hall–Kier alpha value is -0.570. The highest BCUT2D eigenvalue weighted by Crippen LogP contribution is 2.03. The molecule has 0 fully saturated rings. The largest absolute Gasteiger partial charge is 0.466 e. The first-order chi connectivity index (χ1) is 10.2. The van der Waals surface area contributed by atoms with E-state index in [0.717, 1.165) is 32.1 Å². The molecule has 3 heteroatoms. The van der Waals surface area contributed by atoms with Crippen molar-refractivity contribution in [2.75, 3.05) is 13.2 Å². The zero-order valence-corrected chi connectivity index (χ0v) is 14.7. The molecule has 0 saturated carbocycles. The van der Waals surface area contributed by atoms with Crippen molar-refractivity contribution in [1.29, 1.82) is 0 Å². The van der Waals surface area contributed by atoms with Gasteiger partial charge in [0, 0.05) is 13.0 Å². The van der Waals surface area contributed by atoms with Gasteiger partial charge in [-0.05, 0) is 19.3 Å². The molecule has 0 bridgehead atoms. The van der Waals surface area contributed by atoms with Crippen LogP contribution in [0.3, 0.4) is 0 Å². The van der Waals surface area contributed by atoms with E-state index in [1.807, 2.05) is 0 Å². The molecule has 136 valence electrons. The van der Waals surface area contributed by atoms with Gasteiger partial charge in [-0.2, -0.15) is 0 Å². The Bertz CT molecular complexity index is 189. The van der Waals surface area contributed by atoms with Crippen molar-refractivity contribution in [2.45, 2.75) is 105 Å². The average Bonchev–Trinajstić information content (AvgIpc) is 2.48. The van der Waals surface area contributed by atoms with Crippen molar-refractivity contribution in [3.8, 4) is 0 Å². The summed E-state index contributed by atoms with van der Waals surface area (Å²) in [6, 6.07) is 0. The second-order valence-corrected chi connectivity index (χ2v) is 5.52. The molecule has 3 nitrogen and oxygen atoms in total. The molecule has 1 N–H and O–H groups in total. The first-order valence-electron chi connectivity index (χ1n) is 8.99. The summed E-state index contributed by atoms with van der Waals surface area (Å²) in [5.74, 6) is -0.0186. The minimum Gasteiger partial charge on any atom is -0.466 e. The standard InChI is InChI=1S/C12H24O2.C6H14O.CH4/c1-3-5-7-9-11-14-12(13)10-8-6-4-2;1-2-3-4-5-6-7;/h3-11H2,1-2H3;7H,2-6H2,1H3;1H4. The molecule has 0 aliphatic rings. The van der Waals surface area contributed by atoms with Gasteiger partial charge in [-0.15, -0.1) is 0 Å². The number of hydrogen-bond donors (Lipinski definition) is 1. The molecule has 0 heterocycles. The highest BCUT2D eigenvalue weighted by molar-refractivity contribution is 5.69. The first-order valence-corrected chi connectivity index (χ1v) is 8.99. The Morgan fingerprint density at radius 1 is 0.773 bits per heavy atom. The number of ether oxygens (including phenoxy) is 1. The number of aliphatic hydroxyl groups is 1. The smallest absolute Gasteiger partial charge is 0.305 e. The summed E-state index contributed by atoms with van der Waals surface area (Å²) >= 11 is 0. The predicted molar refractivity (Wildman–Crippen MR) is 97.2 cm³/mol. The fourth-order valence-electron chi connectivity index (χ4n) is 1.84. The van der Waals surface area contributed by atoms with Crippen molar-refractivity contribution in [2.24, 2.45) is 0 Å². The monoisotopic (exact) mass is 318 g/mol. The van der Waals surface area contributed by atoms with E-state index in [9.17, 15) is 4.79 Å². The van der Waals surface area contributed by atoms with Crippen LogP contribution in [0.25, 0.3) is 0 Å². The van der Waals surface area contributed by atoms with E-state index in [1.165, 1.54) is 38.5 Å². The van der Waals surface area contributed by atoms with Gasteiger partial charge in [-0.1, -0.05) is 79.6 Å². The van der Waals surface area contributed by atoms with Gasteiger partial charge in [-0.25, -0.2) is 0 Å². The van der Waals surface area contributed by atoms with E-state index in [4.69, 9.17) is 9.84 Å². The molecule has 22 heavy (non-hydrogen) atoms. The second-order valence-electron chi connectivity index (χ2n) is 5.52. The van der Waals surface area contributed by atoms with E-state index in [1.54, 1.807) is 0 Å². The van der Waals surface area contributed by atoms with Gasteiger partial charge < -0.3 is 9.84 Å². The van der Waals surface area contributed by atoms with Gasteiger partial charge in [0.25, 0.3) is 0 Å². The molecule has 0 radical (unpaired) electrons. The highest BCUT2D eigenvalue weighted by atomic mass is 16.5. The van der Waals surface area contributed by atoms with Crippen molar-refractivity contribution >= 4 is 5.97 Å². The van der Waals surface area contributed by atoms with Crippen molar-refractivity contribution in [3.63, 3.8) is 0 Å². The molecule has 0 aliphatic carbocycles. The Kier molecular flexibility index (Phi) is 30.4.